The number of benzene rings is 3. The van der Waals surface area contributed by atoms with E-state index >= 15 is 0 Å². The Kier molecular flexibility index (Phi) is 11.2. The number of hydrogen-bond acceptors (Lipinski definition) is 5. The molecule has 218 valence electrons. The fraction of sp³-hybridized carbons (Fsp3) is 0.412. The van der Waals surface area contributed by atoms with Crippen LogP contribution < -0.4 is 9.64 Å². The van der Waals surface area contributed by atoms with Crippen LogP contribution in [0.25, 0.3) is 0 Å². The summed E-state index contributed by atoms with van der Waals surface area (Å²) in [6.07, 6.45) is 4.38. The van der Waals surface area contributed by atoms with Gasteiger partial charge in [-0.3, -0.25) is 9.59 Å². The van der Waals surface area contributed by atoms with Gasteiger partial charge in [0.2, 0.25) is 0 Å². The van der Waals surface area contributed by atoms with Crippen molar-refractivity contribution in [1.29, 1.82) is 0 Å². The highest BCUT2D eigenvalue weighted by molar-refractivity contribution is 5.97. The Morgan fingerprint density at radius 3 is 2.41 bits per heavy atom. The van der Waals surface area contributed by atoms with Crippen molar-refractivity contribution in [2.24, 2.45) is 0 Å². The topological polar surface area (TPSA) is 62.3 Å². The van der Waals surface area contributed by atoms with Crippen LogP contribution in [-0.4, -0.2) is 81.7 Å². The number of fused-ring (bicyclic) bond motifs is 1. The van der Waals surface area contributed by atoms with Gasteiger partial charge >= 0.3 is 0 Å². The van der Waals surface area contributed by atoms with Gasteiger partial charge in [-0.1, -0.05) is 61.4 Å². The van der Waals surface area contributed by atoms with Crippen molar-refractivity contribution >= 4 is 17.5 Å². The van der Waals surface area contributed by atoms with Crippen LogP contribution in [0.3, 0.4) is 0 Å². The van der Waals surface area contributed by atoms with Crippen LogP contribution in [-0.2, 0) is 11.2 Å². The number of hydrogen-bond donors (Lipinski definition) is 0. The van der Waals surface area contributed by atoms with Crippen molar-refractivity contribution in [1.82, 2.24) is 9.80 Å². The van der Waals surface area contributed by atoms with Crippen LogP contribution >= 0.6 is 0 Å². The summed E-state index contributed by atoms with van der Waals surface area (Å²) in [7, 11) is 5.61. The zero-order chi connectivity index (χ0) is 29.0. The molecule has 0 aromatic heterocycles. The number of anilines is 1. The summed E-state index contributed by atoms with van der Waals surface area (Å²) in [5.74, 6) is 0.486. The first-order valence-corrected chi connectivity index (χ1v) is 14.6. The molecule has 1 heterocycles. The number of carbonyl (C=O) groups excluding carboxylic acids is 2. The largest absolute Gasteiger partial charge is 0.491 e. The summed E-state index contributed by atoms with van der Waals surface area (Å²) < 4.78 is 11.7. The van der Waals surface area contributed by atoms with Crippen molar-refractivity contribution in [2.75, 3.05) is 59.0 Å². The van der Waals surface area contributed by atoms with Crippen LogP contribution in [0.1, 0.15) is 52.0 Å². The SMILES string of the molecule is COCCN1CCCCCCN(C(=O)c2cccc(N(C)C)c2)[C@@H](Cc2ccccc2)COc2ccccc2C1=O. The molecule has 0 radical (unpaired) electrons. The van der Waals surface area contributed by atoms with E-state index in [0.29, 0.717) is 49.5 Å². The maximum Gasteiger partial charge on any atom is 0.257 e. The maximum absolute atomic E-state index is 14.1. The lowest BCUT2D eigenvalue weighted by atomic mass is 10.0. The predicted molar refractivity (Wildman–Crippen MR) is 164 cm³/mol. The van der Waals surface area contributed by atoms with Gasteiger partial charge in [0.15, 0.2) is 0 Å². The Labute approximate surface area is 244 Å². The summed E-state index contributed by atoms with van der Waals surface area (Å²) in [4.78, 5) is 33.7. The molecule has 1 aliphatic heterocycles. The summed E-state index contributed by atoms with van der Waals surface area (Å²) in [6, 6.07) is 25.2. The van der Waals surface area contributed by atoms with Crippen LogP contribution in [0, 0.1) is 0 Å². The third-order valence-electron chi connectivity index (χ3n) is 7.60. The Morgan fingerprint density at radius 2 is 1.66 bits per heavy atom. The summed E-state index contributed by atoms with van der Waals surface area (Å²) in [5.41, 5.74) is 3.33. The minimum atomic E-state index is -0.219. The number of rotatable bonds is 7. The number of para-hydroxylation sites is 1. The van der Waals surface area contributed by atoms with E-state index in [1.54, 1.807) is 7.11 Å². The molecule has 0 spiro atoms. The lowest BCUT2D eigenvalue weighted by molar-refractivity contribution is 0.0591. The average molecular weight is 558 g/mol. The normalized spacial score (nSPS) is 16.9. The smallest absolute Gasteiger partial charge is 0.257 e. The summed E-state index contributed by atoms with van der Waals surface area (Å²) in [6.45, 7) is 2.60. The number of amides is 2. The molecular formula is C34H43N3O4. The number of methoxy groups -OCH3 is 1. The first kappa shape index (κ1) is 30.1. The van der Waals surface area contributed by atoms with Gasteiger partial charge in [0, 0.05) is 52.1 Å². The van der Waals surface area contributed by atoms with E-state index in [2.05, 4.69) is 12.1 Å². The molecule has 3 aromatic rings. The minimum absolute atomic E-state index is 0.000396. The number of nitrogens with zero attached hydrogens (tertiary/aromatic N) is 3. The van der Waals surface area contributed by atoms with E-state index in [1.807, 2.05) is 95.5 Å². The molecule has 7 heteroatoms. The average Bonchev–Trinajstić information content (AvgIpc) is 3.00. The zero-order valence-corrected chi connectivity index (χ0v) is 24.6. The molecule has 41 heavy (non-hydrogen) atoms. The van der Waals surface area contributed by atoms with Crippen molar-refractivity contribution in [3.05, 3.63) is 95.6 Å². The van der Waals surface area contributed by atoms with Crippen LogP contribution in [0.15, 0.2) is 78.9 Å². The Hall–Kier alpha value is -3.84. The molecule has 4 rings (SSSR count). The lowest BCUT2D eigenvalue weighted by Crippen LogP contribution is -2.46. The van der Waals surface area contributed by atoms with Gasteiger partial charge in [-0.2, -0.15) is 0 Å². The van der Waals surface area contributed by atoms with Gasteiger partial charge < -0.3 is 24.2 Å². The molecule has 0 N–H and O–H groups in total. The third kappa shape index (κ3) is 8.33. The quantitative estimate of drug-likeness (QED) is 0.381. The second-order valence-corrected chi connectivity index (χ2v) is 10.8. The van der Waals surface area contributed by atoms with Crippen LogP contribution in [0.4, 0.5) is 5.69 Å². The highest BCUT2D eigenvalue weighted by atomic mass is 16.5. The second kappa shape index (κ2) is 15.2. The Bertz CT molecular complexity index is 1260. The minimum Gasteiger partial charge on any atom is -0.491 e. The molecule has 0 aliphatic carbocycles. The molecule has 3 aromatic carbocycles. The second-order valence-electron chi connectivity index (χ2n) is 10.8. The molecule has 1 aliphatic rings. The van der Waals surface area contributed by atoms with Crippen molar-refractivity contribution < 1.29 is 19.1 Å². The van der Waals surface area contributed by atoms with Gasteiger partial charge in [-0.15, -0.1) is 0 Å². The van der Waals surface area contributed by atoms with Crippen molar-refractivity contribution in [3.63, 3.8) is 0 Å². The van der Waals surface area contributed by atoms with E-state index in [-0.39, 0.29) is 24.5 Å². The van der Waals surface area contributed by atoms with E-state index in [4.69, 9.17) is 9.47 Å². The molecular weight excluding hydrogens is 514 g/mol. The molecule has 7 nitrogen and oxygen atoms in total. The molecule has 0 fully saturated rings. The van der Waals surface area contributed by atoms with Crippen molar-refractivity contribution in [2.45, 2.75) is 38.1 Å². The fourth-order valence-electron chi connectivity index (χ4n) is 5.26. The Morgan fingerprint density at radius 1 is 0.927 bits per heavy atom. The lowest BCUT2D eigenvalue weighted by Gasteiger charge is -2.33. The Balaban J connectivity index is 1.68. The van der Waals surface area contributed by atoms with E-state index in [9.17, 15) is 9.59 Å². The van der Waals surface area contributed by atoms with Gasteiger partial charge in [0.25, 0.3) is 11.8 Å². The first-order chi connectivity index (χ1) is 20.0. The first-order valence-electron chi connectivity index (χ1n) is 14.6. The highest BCUT2D eigenvalue weighted by Crippen LogP contribution is 2.24. The molecule has 0 saturated heterocycles. The summed E-state index contributed by atoms with van der Waals surface area (Å²) in [5, 5.41) is 0. The van der Waals surface area contributed by atoms with Crippen LogP contribution in [0.5, 0.6) is 5.75 Å². The molecule has 2 amide bonds. The van der Waals surface area contributed by atoms with Gasteiger partial charge in [0.05, 0.1) is 18.2 Å². The predicted octanol–water partition coefficient (Wildman–Crippen LogP) is 5.55. The monoisotopic (exact) mass is 557 g/mol. The molecule has 1 atom stereocenters. The highest BCUT2D eigenvalue weighted by Gasteiger charge is 2.27. The number of carbonyl (C=O) groups is 2. The number of ether oxygens (including phenoxy) is 2. The van der Waals surface area contributed by atoms with E-state index in [0.717, 1.165) is 36.9 Å². The maximum atomic E-state index is 14.1. The molecule has 0 saturated carbocycles. The van der Waals surface area contributed by atoms with Crippen molar-refractivity contribution in [3.8, 4) is 5.75 Å². The standard InChI is InChI=1S/C34H43N3O4/c1-35(2)29-17-13-16-28(25-29)33(38)37-21-12-5-4-11-20-36(22-23-40-3)34(39)31-18-9-10-19-32(31)41-26-30(37)24-27-14-7-6-8-15-27/h6-10,13-19,25,30H,4-5,11-12,20-24,26H2,1-3H3/t30-/m0/s1. The van der Waals surface area contributed by atoms with E-state index in [1.165, 1.54) is 0 Å². The van der Waals surface area contributed by atoms with Gasteiger partial charge in [-0.25, -0.2) is 0 Å². The van der Waals surface area contributed by atoms with Gasteiger partial charge in [0.1, 0.15) is 12.4 Å². The summed E-state index contributed by atoms with van der Waals surface area (Å²) >= 11 is 0. The molecule has 0 bridgehead atoms. The van der Waals surface area contributed by atoms with Gasteiger partial charge in [-0.05, 0) is 55.2 Å². The third-order valence-corrected chi connectivity index (χ3v) is 7.60. The van der Waals surface area contributed by atoms with Crippen LogP contribution in [0.2, 0.25) is 0 Å². The van der Waals surface area contributed by atoms with E-state index < -0.39 is 0 Å². The fourth-order valence-corrected chi connectivity index (χ4v) is 5.26. The molecule has 0 unspecified atom stereocenters. The zero-order valence-electron chi connectivity index (χ0n) is 24.6.